The van der Waals surface area contributed by atoms with Crippen LogP contribution in [-0.2, 0) is 0 Å². The van der Waals surface area contributed by atoms with E-state index < -0.39 is 6.43 Å². The van der Waals surface area contributed by atoms with Gasteiger partial charge in [-0.25, -0.2) is 8.78 Å². The van der Waals surface area contributed by atoms with E-state index in [1.807, 2.05) is 6.92 Å². The molecule has 0 amide bonds. The molecule has 0 atom stereocenters. The lowest BCUT2D eigenvalue weighted by Crippen LogP contribution is -1.90. The van der Waals surface area contributed by atoms with Gasteiger partial charge in [-0.2, -0.15) is 0 Å². The fourth-order valence-electron chi connectivity index (χ4n) is 1.51. The predicted octanol–water partition coefficient (Wildman–Crippen LogP) is 5.18. The predicted molar refractivity (Wildman–Crippen MR) is 65.0 cm³/mol. The first kappa shape index (κ1) is 13.2. The summed E-state index contributed by atoms with van der Waals surface area (Å²) in [5.41, 5.74) is 1.53. The van der Waals surface area contributed by atoms with Crippen LogP contribution in [0.4, 0.5) is 8.78 Å². The van der Waals surface area contributed by atoms with Crippen molar-refractivity contribution < 1.29 is 8.78 Å². The number of rotatable bonds is 5. The van der Waals surface area contributed by atoms with Crippen LogP contribution < -0.4 is 0 Å². The first-order chi connectivity index (χ1) is 7.63. The van der Waals surface area contributed by atoms with Gasteiger partial charge in [-0.15, -0.1) is 0 Å². The second kappa shape index (κ2) is 6.64. The van der Waals surface area contributed by atoms with Crippen molar-refractivity contribution in [1.82, 2.24) is 0 Å². The molecule has 1 aromatic rings. The summed E-state index contributed by atoms with van der Waals surface area (Å²) < 4.78 is 24.7. The van der Waals surface area contributed by atoms with Crippen LogP contribution in [0.5, 0.6) is 0 Å². The number of unbranched alkanes of at least 4 members (excludes halogenated alkanes) is 1. The van der Waals surface area contributed by atoms with Crippen molar-refractivity contribution in [1.29, 1.82) is 0 Å². The van der Waals surface area contributed by atoms with Gasteiger partial charge in [0, 0.05) is 5.02 Å². The maximum atomic E-state index is 12.4. The lowest BCUT2D eigenvalue weighted by molar-refractivity contribution is 0.204. The Labute approximate surface area is 99.9 Å². The van der Waals surface area contributed by atoms with Gasteiger partial charge < -0.3 is 0 Å². The summed E-state index contributed by atoms with van der Waals surface area (Å²) in [7, 11) is 0. The molecule has 0 saturated heterocycles. The van der Waals surface area contributed by atoms with E-state index in [1.54, 1.807) is 24.3 Å². The topological polar surface area (TPSA) is 0 Å². The van der Waals surface area contributed by atoms with E-state index in [-0.39, 0.29) is 0 Å². The second-order valence-electron chi connectivity index (χ2n) is 3.64. The highest BCUT2D eigenvalue weighted by Gasteiger charge is 2.05. The molecule has 1 rings (SSSR count). The zero-order valence-corrected chi connectivity index (χ0v) is 9.98. The zero-order chi connectivity index (χ0) is 12.0. The smallest absolute Gasteiger partial charge is 0.206 e. The SMILES string of the molecule is CCCC/C(=C\C(F)F)c1ccc(Cl)cc1. The van der Waals surface area contributed by atoms with E-state index >= 15 is 0 Å². The molecule has 0 bridgehead atoms. The quantitative estimate of drug-likeness (QED) is 0.670. The monoisotopic (exact) mass is 244 g/mol. The van der Waals surface area contributed by atoms with Crippen molar-refractivity contribution in [3.05, 3.63) is 40.9 Å². The van der Waals surface area contributed by atoms with Gasteiger partial charge in [-0.3, -0.25) is 0 Å². The van der Waals surface area contributed by atoms with Crippen molar-refractivity contribution in [2.75, 3.05) is 0 Å². The standard InChI is InChI=1S/C13H15ClF2/c1-2-3-4-11(9-13(15)16)10-5-7-12(14)8-6-10/h5-9,13H,2-4H2,1H3/b11-9+. The van der Waals surface area contributed by atoms with Crippen LogP contribution >= 0.6 is 11.6 Å². The summed E-state index contributed by atoms with van der Waals surface area (Å²) in [6, 6.07) is 7.02. The van der Waals surface area contributed by atoms with Crippen LogP contribution in [0.25, 0.3) is 5.57 Å². The third-order valence-corrected chi connectivity index (χ3v) is 2.59. The number of allylic oxidation sites excluding steroid dienone is 2. The minimum atomic E-state index is -2.40. The van der Waals surface area contributed by atoms with Gasteiger partial charge in [0.25, 0.3) is 6.43 Å². The minimum Gasteiger partial charge on any atom is -0.206 e. The van der Waals surface area contributed by atoms with Gasteiger partial charge in [0.1, 0.15) is 0 Å². The lowest BCUT2D eigenvalue weighted by Gasteiger charge is -2.07. The Bertz CT molecular complexity index is 341. The van der Waals surface area contributed by atoms with Crippen molar-refractivity contribution in [2.24, 2.45) is 0 Å². The largest absolute Gasteiger partial charge is 0.257 e. The molecule has 0 radical (unpaired) electrons. The Kier molecular flexibility index (Phi) is 5.47. The van der Waals surface area contributed by atoms with Gasteiger partial charge in [-0.1, -0.05) is 37.1 Å². The lowest BCUT2D eigenvalue weighted by atomic mass is 10.00. The molecule has 0 aliphatic rings. The third-order valence-electron chi connectivity index (χ3n) is 2.34. The number of hydrogen-bond donors (Lipinski definition) is 0. The maximum absolute atomic E-state index is 12.4. The summed E-state index contributed by atoms with van der Waals surface area (Å²) in [4.78, 5) is 0. The summed E-state index contributed by atoms with van der Waals surface area (Å²) in [6.45, 7) is 2.04. The van der Waals surface area contributed by atoms with Crippen LogP contribution in [0.1, 0.15) is 31.7 Å². The number of alkyl halides is 2. The highest BCUT2D eigenvalue weighted by molar-refractivity contribution is 6.30. The van der Waals surface area contributed by atoms with Crippen LogP contribution in [-0.4, -0.2) is 6.43 Å². The summed E-state index contributed by atoms with van der Waals surface area (Å²) >= 11 is 5.76. The summed E-state index contributed by atoms with van der Waals surface area (Å²) in [5, 5.41) is 0.621. The van der Waals surface area contributed by atoms with Gasteiger partial charge >= 0.3 is 0 Å². The van der Waals surface area contributed by atoms with Crippen molar-refractivity contribution in [3.63, 3.8) is 0 Å². The molecule has 0 nitrogen and oxygen atoms in total. The normalized spacial score (nSPS) is 12.2. The Hall–Kier alpha value is -0.890. The van der Waals surface area contributed by atoms with E-state index in [1.165, 1.54) is 0 Å². The van der Waals surface area contributed by atoms with E-state index in [0.717, 1.165) is 24.5 Å². The van der Waals surface area contributed by atoms with Crippen LogP contribution in [0, 0.1) is 0 Å². The van der Waals surface area contributed by atoms with Gasteiger partial charge in [-0.05, 0) is 42.2 Å². The number of benzene rings is 1. The number of hydrogen-bond acceptors (Lipinski definition) is 0. The highest BCUT2D eigenvalue weighted by Crippen LogP contribution is 2.23. The minimum absolute atomic E-state index is 0.621. The molecule has 0 heterocycles. The first-order valence-corrected chi connectivity index (χ1v) is 5.76. The molecular weight excluding hydrogens is 230 g/mol. The number of halogens is 3. The molecule has 0 fully saturated rings. The third kappa shape index (κ3) is 4.31. The average Bonchev–Trinajstić information content (AvgIpc) is 2.25. The second-order valence-corrected chi connectivity index (χ2v) is 4.07. The fraction of sp³-hybridized carbons (Fsp3) is 0.385. The fourth-order valence-corrected chi connectivity index (χ4v) is 1.63. The van der Waals surface area contributed by atoms with Gasteiger partial charge in [0.2, 0.25) is 0 Å². The van der Waals surface area contributed by atoms with Crippen molar-refractivity contribution >= 4 is 17.2 Å². The zero-order valence-electron chi connectivity index (χ0n) is 9.22. The first-order valence-electron chi connectivity index (χ1n) is 5.38. The Morgan fingerprint density at radius 1 is 1.31 bits per heavy atom. The van der Waals surface area contributed by atoms with Crippen LogP contribution in [0.2, 0.25) is 5.02 Å². The molecule has 0 spiro atoms. The van der Waals surface area contributed by atoms with Crippen molar-refractivity contribution in [2.45, 2.75) is 32.6 Å². The van der Waals surface area contributed by atoms with E-state index in [2.05, 4.69) is 0 Å². The molecule has 1 aromatic carbocycles. The van der Waals surface area contributed by atoms with E-state index in [0.29, 0.717) is 17.0 Å². The molecule has 0 N–H and O–H groups in total. The summed E-state index contributed by atoms with van der Waals surface area (Å²) in [6.07, 6.45) is 1.22. The van der Waals surface area contributed by atoms with E-state index in [4.69, 9.17) is 11.6 Å². The molecule has 3 heteroatoms. The average molecular weight is 245 g/mol. The molecule has 0 aliphatic carbocycles. The maximum Gasteiger partial charge on any atom is 0.257 e. The van der Waals surface area contributed by atoms with Crippen LogP contribution in [0.3, 0.4) is 0 Å². The highest BCUT2D eigenvalue weighted by atomic mass is 35.5. The molecule has 0 unspecified atom stereocenters. The van der Waals surface area contributed by atoms with Gasteiger partial charge in [0.15, 0.2) is 0 Å². The Balaban J connectivity index is 2.87. The van der Waals surface area contributed by atoms with E-state index in [9.17, 15) is 8.78 Å². The molecular formula is C13H15ClF2. The molecule has 16 heavy (non-hydrogen) atoms. The summed E-state index contributed by atoms with van der Waals surface area (Å²) in [5.74, 6) is 0. The molecule has 88 valence electrons. The Morgan fingerprint density at radius 3 is 2.44 bits per heavy atom. The Morgan fingerprint density at radius 2 is 1.94 bits per heavy atom. The van der Waals surface area contributed by atoms with Gasteiger partial charge in [0.05, 0.1) is 0 Å². The molecule has 0 aliphatic heterocycles. The molecule has 0 aromatic heterocycles. The molecule has 0 saturated carbocycles. The van der Waals surface area contributed by atoms with Crippen LogP contribution in [0.15, 0.2) is 30.3 Å². The van der Waals surface area contributed by atoms with Crippen molar-refractivity contribution in [3.8, 4) is 0 Å².